The second-order valence-corrected chi connectivity index (χ2v) is 7.27. The predicted molar refractivity (Wildman–Crippen MR) is 95.8 cm³/mol. The molecule has 1 fully saturated rings. The normalized spacial score (nSPS) is 16.4. The molecule has 1 aliphatic heterocycles. The Hall–Kier alpha value is -1.65. The number of carbonyl (C=O) groups excluding carboxylic acids is 1. The highest BCUT2D eigenvalue weighted by Crippen LogP contribution is 2.25. The van der Waals surface area contributed by atoms with Gasteiger partial charge in [0.15, 0.2) is 0 Å². The fraction of sp³-hybridized carbons (Fsp3) is 0.421. The summed E-state index contributed by atoms with van der Waals surface area (Å²) in [6, 6.07) is 12.3. The topological polar surface area (TPSA) is 23.6 Å². The standard InChI is InChI=1S/C19H24N2OS/c1-15(18-6-5-13-23-18)20(2)19(22)17-9-7-16(8-10-17)14-21-11-3-4-12-21/h5-10,13,15H,3-4,11-12,14H2,1-2H3/t15-/m1/s1. The summed E-state index contributed by atoms with van der Waals surface area (Å²) in [5.74, 6) is 0.0821. The number of benzene rings is 1. The minimum absolute atomic E-state index is 0.0821. The first kappa shape index (κ1) is 16.2. The molecule has 4 heteroatoms. The molecule has 3 rings (SSSR count). The Kier molecular flexibility index (Phi) is 5.13. The maximum Gasteiger partial charge on any atom is 0.254 e. The minimum atomic E-state index is 0.0821. The van der Waals surface area contributed by atoms with E-state index in [9.17, 15) is 4.79 Å². The summed E-state index contributed by atoms with van der Waals surface area (Å²) in [5, 5.41) is 2.05. The molecule has 1 aromatic carbocycles. The highest BCUT2D eigenvalue weighted by atomic mass is 32.1. The molecule has 2 aromatic rings. The highest BCUT2D eigenvalue weighted by molar-refractivity contribution is 7.10. The molecule has 0 saturated carbocycles. The lowest BCUT2D eigenvalue weighted by Crippen LogP contribution is -2.29. The van der Waals surface area contributed by atoms with Crippen LogP contribution in [0.3, 0.4) is 0 Å². The van der Waals surface area contributed by atoms with Crippen molar-refractivity contribution in [2.75, 3.05) is 20.1 Å². The molecule has 0 bridgehead atoms. The van der Waals surface area contributed by atoms with E-state index in [0.717, 1.165) is 12.1 Å². The zero-order valence-electron chi connectivity index (χ0n) is 13.9. The van der Waals surface area contributed by atoms with Gasteiger partial charge in [-0.25, -0.2) is 0 Å². The Morgan fingerprint density at radius 2 is 1.91 bits per heavy atom. The van der Waals surface area contributed by atoms with Crippen molar-refractivity contribution in [3.05, 3.63) is 57.8 Å². The predicted octanol–water partition coefficient (Wildman–Crippen LogP) is 4.18. The lowest BCUT2D eigenvalue weighted by atomic mass is 10.1. The molecular weight excluding hydrogens is 304 g/mol. The largest absolute Gasteiger partial charge is 0.334 e. The van der Waals surface area contributed by atoms with Gasteiger partial charge in [0.2, 0.25) is 0 Å². The number of likely N-dealkylation sites (tertiary alicyclic amines) is 1. The van der Waals surface area contributed by atoms with Gasteiger partial charge in [-0.05, 0) is 62.0 Å². The summed E-state index contributed by atoms with van der Waals surface area (Å²) in [6.45, 7) is 5.46. The van der Waals surface area contributed by atoms with Gasteiger partial charge < -0.3 is 4.90 Å². The quantitative estimate of drug-likeness (QED) is 0.822. The highest BCUT2D eigenvalue weighted by Gasteiger charge is 2.19. The third-order valence-corrected chi connectivity index (χ3v) is 5.70. The Morgan fingerprint density at radius 1 is 1.22 bits per heavy atom. The molecule has 23 heavy (non-hydrogen) atoms. The lowest BCUT2D eigenvalue weighted by Gasteiger charge is -2.24. The fourth-order valence-corrected chi connectivity index (χ4v) is 3.88. The van der Waals surface area contributed by atoms with Gasteiger partial charge in [-0.3, -0.25) is 9.69 Å². The molecule has 2 heterocycles. The first-order valence-corrected chi connectivity index (χ1v) is 9.15. The van der Waals surface area contributed by atoms with Crippen molar-refractivity contribution >= 4 is 17.2 Å². The summed E-state index contributed by atoms with van der Waals surface area (Å²) in [6.07, 6.45) is 2.62. The summed E-state index contributed by atoms with van der Waals surface area (Å²) in [7, 11) is 1.88. The minimum Gasteiger partial charge on any atom is -0.334 e. The van der Waals surface area contributed by atoms with Crippen molar-refractivity contribution in [2.45, 2.75) is 32.4 Å². The van der Waals surface area contributed by atoms with E-state index < -0.39 is 0 Å². The Labute approximate surface area is 142 Å². The SMILES string of the molecule is C[C@H](c1cccs1)N(C)C(=O)c1ccc(CN2CCCC2)cc1. The van der Waals surface area contributed by atoms with Crippen LogP contribution in [-0.2, 0) is 6.54 Å². The zero-order valence-corrected chi connectivity index (χ0v) is 14.7. The summed E-state index contributed by atoms with van der Waals surface area (Å²) in [4.78, 5) is 18.2. The van der Waals surface area contributed by atoms with Crippen molar-refractivity contribution in [1.29, 1.82) is 0 Å². The monoisotopic (exact) mass is 328 g/mol. The Morgan fingerprint density at radius 3 is 2.52 bits per heavy atom. The zero-order chi connectivity index (χ0) is 16.2. The molecular formula is C19H24N2OS. The third kappa shape index (κ3) is 3.82. The molecule has 0 spiro atoms. The van der Waals surface area contributed by atoms with E-state index in [1.807, 2.05) is 30.1 Å². The average Bonchev–Trinajstić information content (AvgIpc) is 3.27. The molecule has 1 amide bonds. The van der Waals surface area contributed by atoms with Crippen molar-refractivity contribution < 1.29 is 4.79 Å². The van der Waals surface area contributed by atoms with Crippen LogP contribution in [-0.4, -0.2) is 35.8 Å². The molecule has 0 aliphatic carbocycles. The molecule has 0 radical (unpaired) electrons. The molecule has 122 valence electrons. The summed E-state index contributed by atoms with van der Waals surface area (Å²) >= 11 is 1.69. The van der Waals surface area contributed by atoms with Crippen molar-refractivity contribution in [3.63, 3.8) is 0 Å². The molecule has 1 saturated heterocycles. The van der Waals surface area contributed by atoms with Gasteiger partial charge in [0.1, 0.15) is 0 Å². The summed E-state index contributed by atoms with van der Waals surface area (Å²) < 4.78 is 0. The van der Waals surface area contributed by atoms with E-state index >= 15 is 0 Å². The first-order valence-electron chi connectivity index (χ1n) is 8.27. The molecule has 0 unspecified atom stereocenters. The number of rotatable bonds is 5. The maximum atomic E-state index is 12.7. The van der Waals surface area contributed by atoms with Gasteiger partial charge in [0.05, 0.1) is 6.04 Å². The lowest BCUT2D eigenvalue weighted by molar-refractivity contribution is 0.0745. The van der Waals surface area contributed by atoms with Crippen molar-refractivity contribution in [3.8, 4) is 0 Å². The van der Waals surface area contributed by atoms with Crippen LogP contribution in [0, 0.1) is 0 Å². The molecule has 0 N–H and O–H groups in total. The van der Waals surface area contributed by atoms with Gasteiger partial charge in [-0.1, -0.05) is 18.2 Å². The van der Waals surface area contributed by atoms with Gasteiger partial charge >= 0.3 is 0 Å². The maximum absolute atomic E-state index is 12.7. The number of nitrogens with zero attached hydrogens (tertiary/aromatic N) is 2. The van der Waals surface area contributed by atoms with Crippen LogP contribution in [0.1, 0.15) is 46.6 Å². The number of thiophene rings is 1. The third-order valence-electron chi connectivity index (χ3n) is 4.66. The van der Waals surface area contributed by atoms with E-state index in [2.05, 4.69) is 35.4 Å². The summed E-state index contributed by atoms with van der Waals surface area (Å²) in [5.41, 5.74) is 2.05. The van der Waals surface area contributed by atoms with Crippen molar-refractivity contribution in [2.24, 2.45) is 0 Å². The first-order chi connectivity index (χ1) is 11.1. The van der Waals surface area contributed by atoms with Crippen LogP contribution in [0.15, 0.2) is 41.8 Å². The molecule has 1 aromatic heterocycles. The second-order valence-electron chi connectivity index (χ2n) is 6.29. The van der Waals surface area contributed by atoms with Crippen LogP contribution in [0.25, 0.3) is 0 Å². The molecule has 1 aliphatic rings. The van der Waals surface area contributed by atoms with Gasteiger partial charge in [0.25, 0.3) is 5.91 Å². The van der Waals surface area contributed by atoms with Crippen LogP contribution in [0.4, 0.5) is 0 Å². The van der Waals surface area contributed by atoms with Gasteiger partial charge in [-0.15, -0.1) is 11.3 Å². The van der Waals surface area contributed by atoms with E-state index in [1.54, 1.807) is 11.3 Å². The average molecular weight is 328 g/mol. The number of hydrogen-bond donors (Lipinski definition) is 0. The Balaban J connectivity index is 1.64. The van der Waals surface area contributed by atoms with Crippen LogP contribution >= 0.6 is 11.3 Å². The van der Waals surface area contributed by atoms with E-state index in [4.69, 9.17) is 0 Å². The van der Waals surface area contributed by atoms with Crippen LogP contribution in [0.5, 0.6) is 0 Å². The van der Waals surface area contributed by atoms with Crippen molar-refractivity contribution in [1.82, 2.24) is 9.80 Å². The van der Waals surface area contributed by atoms with Crippen LogP contribution < -0.4 is 0 Å². The number of hydrogen-bond acceptors (Lipinski definition) is 3. The smallest absolute Gasteiger partial charge is 0.254 e. The van der Waals surface area contributed by atoms with Crippen LogP contribution in [0.2, 0.25) is 0 Å². The van der Waals surface area contributed by atoms with E-state index in [1.165, 1.54) is 36.4 Å². The number of carbonyl (C=O) groups is 1. The fourth-order valence-electron chi connectivity index (χ4n) is 3.05. The van der Waals surface area contributed by atoms with Gasteiger partial charge in [0, 0.05) is 24.0 Å². The number of amides is 1. The van der Waals surface area contributed by atoms with E-state index in [0.29, 0.717) is 0 Å². The molecule has 3 nitrogen and oxygen atoms in total. The second kappa shape index (κ2) is 7.28. The van der Waals surface area contributed by atoms with Gasteiger partial charge in [-0.2, -0.15) is 0 Å². The Bertz CT molecular complexity index is 630. The van der Waals surface area contributed by atoms with E-state index in [-0.39, 0.29) is 11.9 Å². The molecule has 1 atom stereocenters.